The average Bonchev–Trinajstić information content (AvgIpc) is 3.18. The molecule has 148 valence electrons. The van der Waals surface area contributed by atoms with Crippen molar-refractivity contribution in [3.8, 4) is 0 Å². The van der Waals surface area contributed by atoms with Gasteiger partial charge in [-0.15, -0.1) is 0 Å². The fourth-order valence-electron chi connectivity index (χ4n) is 4.48. The summed E-state index contributed by atoms with van der Waals surface area (Å²) in [5.41, 5.74) is 1.64. The minimum absolute atomic E-state index is 0.0128. The van der Waals surface area contributed by atoms with Gasteiger partial charge in [0.2, 0.25) is 0 Å². The smallest absolute Gasteiger partial charge is 0.411 e. The van der Waals surface area contributed by atoms with Gasteiger partial charge >= 0.3 is 6.09 Å². The van der Waals surface area contributed by atoms with Crippen LogP contribution in [-0.2, 0) is 15.9 Å². The van der Waals surface area contributed by atoms with E-state index < -0.39 is 5.60 Å². The molecular formula is C20H30N4O3. The number of hydrogen-bond acceptors (Lipinski definition) is 6. The number of rotatable bonds is 3. The molecule has 2 fully saturated rings. The number of aryl methyl sites for hydroxylation is 1. The lowest BCUT2D eigenvalue weighted by Gasteiger charge is -2.37. The zero-order valence-corrected chi connectivity index (χ0v) is 16.7. The summed E-state index contributed by atoms with van der Waals surface area (Å²) in [7, 11) is 0. The molecule has 4 rings (SSSR count). The van der Waals surface area contributed by atoms with Gasteiger partial charge in [0.05, 0.1) is 17.8 Å². The van der Waals surface area contributed by atoms with E-state index in [9.17, 15) is 4.79 Å². The van der Waals surface area contributed by atoms with Gasteiger partial charge in [0.1, 0.15) is 17.2 Å². The van der Waals surface area contributed by atoms with Gasteiger partial charge in [-0.05, 0) is 53.4 Å². The molecule has 0 saturated carbocycles. The Bertz CT molecular complexity index is 725. The number of nitrogens with one attached hydrogen (secondary N) is 1. The van der Waals surface area contributed by atoms with Crippen molar-refractivity contribution in [2.24, 2.45) is 0 Å². The highest BCUT2D eigenvalue weighted by molar-refractivity contribution is 5.71. The van der Waals surface area contributed by atoms with Crippen molar-refractivity contribution in [3.63, 3.8) is 0 Å². The Kier molecular flexibility index (Phi) is 4.74. The molecule has 3 aliphatic heterocycles. The Labute approximate surface area is 160 Å². The van der Waals surface area contributed by atoms with E-state index in [-0.39, 0.29) is 24.3 Å². The third kappa shape index (κ3) is 3.74. The topological polar surface area (TPSA) is 76.6 Å². The molecule has 1 aromatic rings. The Hall–Kier alpha value is -1.89. The molecule has 2 bridgehead atoms. The summed E-state index contributed by atoms with van der Waals surface area (Å²) in [5.74, 6) is 1.63. The number of ether oxygens (including phenoxy) is 2. The molecule has 0 radical (unpaired) electrons. The maximum atomic E-state index is 12.9. The number of carbonyl (C=O) groups excluding carboxylic acids is 1. The second-order valence-electron chi connectivity index (χ2n) is 8.83. The summed E-state index contributed by atoms with van der Waals surface area (Å²) in [5, 5.41) is 3.49. The maximum absolute atomic E-state index is 12.9. The molecule has 1 aromatic heterocycles. The third-order valence-electron chi connectivity index (χ3n) is 5.53. The van der Waals surface area contributed by atoms with Gasteiger partial charge in [-0.25, -0.2) is 14.8 Å². The van der Waals surface area contributed by atoms with Gasteiger partial charge in [-0.2, -0.15) is 0 Å². The van der Waals surface area contributed by atoms with Crippen LogP contribution in [0.5, 0.6) is 0 Å². The van der Waals surface area contributed by atoms with Crippen LogP contribution in [0.1, 0.15) is 69.6 Å². The molecule has 0 unspecified atom stereocenters. The third-order valence-corrected chi connectivity index (χ3v) is 5.53. The van der Waals surface area contributed by atoms with Crippen molar-refractivity contribution < 1.29 is 14.3 Å². The zero-order chi connectivity index (χ0) is 19.2. The number of aromatic nitrogens is 2. The van der Waals surface area contributed by atoms with Gasteiger partial charge in [-0.3, -0.25) is 4.90 Å². The summed E-state index contributed by atoms with van der Waals surface area (Å²) in [6.45, 7) is 9.23. The van der Waals surface area contributed by atoms with E-state index in [0.717, 1.165) is 68.2 Å². The van der Waals surface area contributed by atoms with Crippen LogP contribution < -0.4 is 5.32 Å². The minimum Gasteiger partial charge on any atom is -0.444 e. The SMILES string of the molecule is Cc1nc2c(c(NC[C@@H]3CCCO3)n1)[C@H]1CC[C@@H](C2)N1C(=O)OC(C)(C)C. The Morgan fingerprint density at radius 1 is 1.30 bits per heavy atom. The molecule has 7 heteroatoms. The average molecular weight is 374 g/mol. The van der Waals surface area contributed by atoms with Gasteiger partial charge in [0, 0.05) is 31.2 Å². The molecule has 7 nitrogen and oxygen atoms in total. The van der Waals surface area contributed by atoms with E-state index in [1.54, 1.807) is 0 Å². The second kappa shape index (κ2) is 6.93. The molecule has 27 heavy (non-hydrogen) atoms. The Morgan fingerprint density at radius 3 is 2.81 bits per heavy atom. The first kappa shape index (κ1) is 18.5. The van der Waals surface area contributed by atoms with Crippen LogP contribution in [0.15, 0.2) is 0 Å². The van der Waals surface area contributed by atoms with Crippen molar-refractivity contribution in [1.29, 1.82) is 0 Å². The summed E-state index contributed by atoms with van der Waals surface area (Å²) < 4.78 is 11.4. The number of amides is 1. The van der Waals surface area contributed by atoms with Crippen LogP contribution in [0, 0.1) is 6.92 Å². The first-order valence-corrected chi connectivity index (χ1v) is 10.1. The highest BCUT2D eigenvalue weighted by Crippen LogP contribution is 2.46. The van der Waals surface area contributed by atoms with Gasteiger partial charge in [-0.1, -0.05) is 0 Å². The number of anilines is 1. The molecule has 2 saturated heterocycles. The fourth-order valence-corrected chi connectivity index (χ4v) is 4.48. The lowest BCUT2D eigenvalue weighted by molar-refractivity contribution is 0.0123. The van der Waals surface area contributed by atoms with Crippen molar-refractivity contribution in [3.05, 3.63) is 17.1 Å². The lowest BCUT2D eigenvalue weighted by atomic mass is 9.98. The standard InChI is InChI=1S/C20H30N4O3/c1-12-22-15-10-13-7-8-16(24(13)19(25)27-20(2,3)4)17(15)18(23-12)21-11-14-6-5-9-26-14/h13-14,16H,5-11H2,1-4H3,(H,21,22,23)/t13-,14-,16+/m0/s1. The fraction of sp³-hybridized carbons (Fsp3) is 0.750. The highest BCUT2D eigenvalue weighted by Gasteiger charge is 2.46. The van der Waals surface area contributed by atoms with Crippen LogP contribution in [0.2, 0.25) is 0 Å². The molecule has 1 amide bonds. The molecule has 0 spiro atoms. The van der Waals surface area contributed by atoms with Gasteiger partial charge in [0.15, 0.2) is 0 Å². The quantitative estimate of drug-likeness (QED) is 0.874. The van der Waals surface area contributed by atoms with Crippen LogP contribution in [0.3, 0.4) is 0 Å². The predicted octanol–water partition coefficient (Wildman–Crippen LogP) is 3.37. The molecule has 0 aromatic carbocycles. The molecular weight excluding hydrogens is 344 g/mol. The lowest BCUT2D eigenvalue weighted by Crippen LogP contribution is -2.45. The normalized spacial score (nSPS) is 26.8. The van der Waals surface area contributed by atoms with Crippen LogP contribution in [0.25, 0.3) is 0 Å². The van der Waals surface area contributed by atoms with Crippen LogP contribution in [0.4, 0.5) is 10.6 Å². The minimum atomic E-state index is -0.499. The summed E-state index contributed by atoms with van der Waals surface area (Å²) in [4.78, 5) is 24.2. The summed E-state index contributed by atoms with van der Waals surface area (Å²) in [6, 6.07) is 0.152. The Balaban J connectivity index is 1.61. The highest BCUT2D eigenvalue weighted by atomic mass is 16.6. The predicted molar refractivity (Wildman–Crippen MR) is 102 cm³/mol. The Morgan fingerprint density at radius 2 is 2.11 bits per heavy atom. The van der Waals surface area contributed by atoms with E-state index in [2.05, 4.69) is 10.3 Å². The van der Waals surface area contributed by atoms with E-state index in [0.29, 0.717) is 0 Å². The van der Waals surface area contributed by atoms with Crippen LogP contribution in [-0.4, -0.2) is 51.9 Å². The molecule has 3 aliphatic rings. The van der Waals surface area contributed by atoms with E-state index in [1.807, 2.05) is 32.6 Å². The summed E-state index contributed by atoms with van der Waals surface area (Å²) in [6.07, 6.45) is 4.87. The first-order valence-electron chi connectivity index (χ1n) is 10.1. The molecule has 0 aliphatic carbocycles. The second-order valence-corrected chi connectivity index (χ2v) is 8.83. The van der Waals surface area contributed by atoms with Crippen molar-refractivity contribution >= 4 is 11.9 Å². The monoisotopic (exact) mass is 374 g/mol. The first-order chi connectivity index (χ1) is 12.8. The van der Waals surface area contributed by atoms with E-state index >= 15 is 0 Å². The number of nitrogens with zero attached hydrogens (tertiary/aromatic N) is 3. The zero-order valence-electron chi connectivity index (χ0n) is 16.7. The van der Waals surface area contributed by atoms with E-state index in [1.165, 1.54) is 0 Å². The molecule has 4 heterocycles. The van der Waals surface area contributed by atoms with Crippen molar-refractivity contribution in [1.82, 2.24) is 14.9 Å². The van der Waals surface area contributed by atoms with Crippen molar-refractivity contribution in [2.75, 3.05) is 18.5 Å². The van der Waals surface area contributed by atoms with Crippen molar-refractivity contribution in [2.45, 2.75) is 83.6 Å². The maximum Gasteiger partial charge on any atom is 0.411 e. The van der Waals surface area contributed by atoms with E-state index in [4.69, 9.17) is 14.5 Å². The van der Waals surface area contributed by atoms with Gasteiger partial charge < -0.3 is 14.8 Å². The van der Waals surface area contributed by atoms with Gasteiger partial charge in [0.25, 0.3) is 0 Å². The number of carbonyl (C=O) groups is 1. The number of hydrogen-bond donors (Lipinski definition) is 1. The molecule has 3 atom stereocenters. The largest absolute Gasteiger partial charge is 0.444 e. The summed E-state index contributed by atoms with van der Waals surface area (Å²) >= 11 is 0. The van der Waals surface area contributed by atoms with Crippen LogP contribution >= 0.6 is 0 Å². The number of fused-ring (bicyclic) bond motifs is 4. The molecule has 1 N–H and O–H groups in total.